The molecule has 1 N–H and O–H groups in total. The van der Waals surface area contributed by atoms with Gasteiger partial charge in [-0.25, -0.2) is 4.72 Å². The second-order valence-corrected chi connectivity index (χ2v) is 5.66. The number of rotatable bonds is 3. The maximum atomic E-state index is 11.3. The Bertz CT molecular complexity index is 317. The molecule has 0 aromatic carbocycles. The lowest BCUT2D eigenvalue weighted by Crippen LogP contribution is -2.42. The average molecular weight is 206 g/mol. The molecule has 0 aromatic heterocycles. The van der Waals surface area contributed by atoms with Crippen LogP contribution >= 0.6 is 0 Å². The first-order valence-corrected chi connectivity index (χ1v) is 5.47. The van der Waals surface area contributed by atoms with Crippen LogP contribution in [0.1, 0.15) is 19.8 Å². The molecule has 0 unspecified atom stereocenters. The molecule has 5 nitrogen and oxygen atoms in total. The summed E-state index contributed by atoms with van der Waals surface area (Å²) in [7, 11) is -0.847. The van der Waals surface area contributed by atoms with Gasteiger partial charge in [0.05, 0.1) is 0 Å². The number of hydrogen-bond acceptors (Lipinski definition) is 3. The molecule has 1 aliphatic rings. The van der Waals surface area contributed by atoms with Crippen molar-refractivity contribution >= 4 is 16.1 Å². The molecule has 0 aromatic rings. The van der Waals surface area contributed by atoms with Crippen LogP contribution in [0.2, 0.25) is 0 Å². The topological polar surface area (TPSA) is 66.5 Å². The predicted molar refractivity (Wildman–Crippen MR) is 48.1 cm³/mol. The monoisotopic (exact) mass is 206 g/mol. The van der Waals surface area contributed by atoms with Gasteiger partial charge in [0, 0.05) is 19.5 Å². The average Bonchev–Trinajstić information content (AvgIpc) is 2.68. The van der Waals surface area contributed by atoms with E-state index in [4.69, 9.17) is 0 Å². The highest BCUT2D eigenvalue weighted by atomic mass is 32.2. The van der Waals surface area contributed by atoms with Crippen molar-refractivity contribution in [3.63, 3.8) is 0 Å². The summed E-state index contributed by atoms with van der Waals surface area (Å²) in [6.07, 6.45) is 1.53. The lowest BCUT2D eigenvalue weighted by Gasteiger charge is -2.14. The fourth-order valence-corrected chi connectivity index (χ4v) is 1.41. The zero-order valence-electron chi connectivity index (χ0n) is 7.99. The van der Waals surface area contributed by atoms with Crippen LogP contribution in [0.3, 0.4) is 0 Å². The molecule has 1 rings (SSSR count). The summed E-state index contributed by atoms with van der Waals surface area (Å²) in [6, 6.07) is 0. The summed E-state index contributed by atoms with van der Waals surface area (Å²) >= 11 is 0. The molecule has 0 radical (unpaired) electrons. The van der Waals surface area contributed by atoms with E-state index in [0.29, 0.717) is 0 Å². The highest BCUT2D eigenvalue weighted by Crippen LogP contribution is 2.45. The molecule has 1 fully saturated rings. The number of nitrogens with zero attached hydrogens (tertiary/aromatic N) is 1. The van der Waals surface area contributed by atoms with E-state index in [1.807, 2.05) is 4.72 Å². The van der Waals surface area contributed by atoms with E-state index in [1.54, 1.807) is 6.92 Å². The molecule has 1 saturated carbocycles. The van der Waals surface area contributed by atoms with Gasteiger partial charge >= 0.3 is 10.2 Å². The van der Waals surface area contributed by atoms with E-state index >= 15 is 0 Å². The van der Waals surface area contributed by atoms with Crippen LogP contribution in [0.4, 0.5) is 0 Å². The molecule has 0 heterocycles. The minimum Gasteiger partial charge on any atom is -0.273 e. The van der Waals surface area contributed by atoms with E-state index in [9.17, 15) is 13.2 Å². The third-order valence-corrected chi connectivity index (χ3v) is 3.66. The second kappa shape index (κ2) is 2.95. The first kappa shape index (κ1) is 10.5. The predicted octanol–water partition coefficient (Wildman–Crippen LogP) is -0.291. The van der Waals surface area contributed by atoms with Crippen LogP contribution < -0.4 is 4.72 Å². The number of nitrogens with one attached hydrogen (secondary N) is 1. The molecule has 0 spiro atoms. The lowest BCUT2D eigenvalue weighted by atomic mass is 10.1. The van der Waals surface area contributed by atoms with Gasteiger partial charge in [-0.3, -0.25) is 4.79 Å². The number of hydrogen-bond donors (Lipinski definition) is 1. The van der Waals surface area contributed by atoms with Crippen LogP contribution in [-0.2, 0) is 15.0 Å². The van der Waals surface area contributed by atoms with Gasteiger partial charge in [0.25, 0.3) is 0 Å². The molecule has 0 aliphatic heterocycles. The maximum absolute atomic E-state index is 11.3. The van der Waals surface area contributed by atoms with E-state index in [-0.39, 0.29) is 0 Å². The van der Waals surface area contributed by atoms with Crippen molar-refractivity contribution < 1.29 is 13.2 Å². The Morgan fingerprint density at radius 1 is 1.38 bits per heavy atom. The number of carbonyl (C=O) groups is 1. The summed E-state index contributed by atoms with van der Waals surface area (Å²) in [5, 5.41) is 0. The summed E-state index contributed by atoms with van der Waals surface area (Å²) in [4.78, 5) is 11.3. The van der Waals surface area contributed by atoms with Gasteiger partial charge < -0.3 is 0 Å². The maximum Gasteiger partial charge on any atom is 0.303 e. The molecule has 1 amide bonds. The zero-order valence-corrected chi connectivity index (χ0v) is 8.81. The summed E-state index contributed by atoms with van der Waals surface area (Å²) in [6.45, 7) is 1.76. The zero-order chi connectivity index (χ0) is 10.3. The molecule has 1 aliphatic carbocycles. The third-order valence-electron chi connectivity index (χ3n) is 2.25. The molecular formula is C7H14N2O3S. The van der Waals surface area contributed by atoms with Gasteiger partial charge in [-0.15, -0.1) is 0 Å². The summed E-state index contributed by atoms with van der Waals surface area (Å²) in [5.41, 5.74) is -0.455. The number of carbonyl (C=O) groups excluding carboxylic acids is 1. The van der Waals surface area contributed by atoms with Crippen LogP contribution in [0.25, 0.3) is 0 Å². The van der Waals surface area contributed by atoms with Crippen LogP contribution in [0.15, 0.2) is 0 Å². The highest BCUT2D eigenvalue weighted by molar-refractivity contribution is 7.87. The molecule has 0 atom stereocenters. The van der Waals surface area contributed by atoms with E-state index in [0.717, 1.165) is 17.1 Å². The van der Waals surface area contributed by atoms with Gasteiger partial charge in [-0.1, -0.05) is 6.92 Å². The Labute approximate surface area is 78.3 Å². The Balaban J connectivity index is 2.64. The van der Waals surface area contributed by atoms with Crippen molar-refractivity contribution in [3.8, 4) is 0 Å². The van der Waals surface area contributed by atoms with Gasteiger partial charge in [0.2, 0.25) is 5.91 Å². The SMILES string of the molecule is CN(C)S(=O)(=O)NC(=O)C1(C)CC1. The minimum absolute atomic E-state index is 0.402. The van der Waals surface area contributed by atoms with E-state index in [1.165, 1.54) is 14.1 Å². The van der Waals surface area contributed by atoms with E-state index in [2.05, 4.69) is 0 Å². The van der Waals surface area contributed by atoms with Crippen LogP contribution in [0, 0.1) is 5.41 Å². The number of amides is 1. The van der Waals surface area contributed by atoms with Gasteiger partial charge in [-0.05, 0) is 12.8 Å². The van der Waals surface area contributed by atoms with Gasteiger partial charge in [0.15, 0.2) is 0 Å². The van der Waals surface area contributed by atoms with Gasteiger partial charge in [0.1, 0.15) is 0 Å². The Morgan fingerprint density at radius 2 is 1.85 bits per heavy atom. The molecule has 76 valence electrons. The van der Waals surface area contributed by atoms with Crippen molar-refractivity contribution in [1.29, 1.82) is 0 Å². The minimum atomic E-state index is -3.61. The van der Waals surface area contributed by atoms with Crippen molar-refractivity contribution in [2.45, 2.75) is 19.8 Å². The normalized spacial score (nSPS) is 20.0. The van der Waals surface area contributed by atoms with Crippen molar-refractivity contribution in [3.05, 3.63) is 0 Å². The second-order valence-electron chi connectivity index (χ2n) is 3.78. The smallest absolute Gasteiger partial charge is 0.273 e. The molecule has 0 saturated heterocycles. The molecule has 13 heavy (non-hydrogen) atoms. The van der Waals surface area contributed by atoms with Crippen molar-refractivity contribution in [2.75, 3.05) is 14.1 Å². The fourth-order valence-electron chi connectivity index (χ4n) is 0.746. The first-order valence-electron chi connectivity index (χ1n) is 4.03. The largest absolute Gasteiger partial charge is 0.303 e. The van der Waals surface area contributed by atoms with Crippen LogP contribution in [-0.4, -0.2) is 32.7 Å². The summed E-state index contributed by atoms with van der Waals surface area (Å²) < 4.78 is 25.4. The standard InChI is InChI=1S/C7H14N2O3S/c1-7(4-5-7)6(10)8-13(11,12)9(2)3/h4-5H2,1-3H3,(H,8,10). The molecule has 0 bridgehead atoms. The van der Waals surface area contributed by atoms with Crippen LogP contribution in [0.5, 0.6) is 0 Å². The van der Waals surface area contributed by atoms with Crippen molar-refractivity contribution in [2.24, 2.45) is 5.41 Å². The quantitative estimate of drug-likeness (QED) is 0.690. The van der Waals surface area contributed by atoms with Gasteiger partial charge in [-0.2, -0.15) is 12.7 Å². The third kappa shape index (κ3) is 2.19. The lowest BCUT2D eigenvalue weighted by molar-refractivity contribution is -0.123. The first-order chi connectivity index (χ1) is 5.78. The Morgan fingerprint density at radius 3 is 2.15 bits per heavy atom. The highest BCUT2D eigenvalue weighted by Gasteiger charge is 2.46. The summed E-state index contributed by atoms with van der Waals surface area (Å²) in [5.74, 6) is -0.402. The van der Waals surface area contributed by atoms with Crippen molar-refractivity contribution in [1.82, 2.24) is 9.03 Å². The molecular weight excluding hydrogens is 192 g/mol. The Hall–Kier alpha value is -0.620. The fraction of sp³-hybridized carbons (Fsp3) is 0.857. The van der Waals surface area contributed by atoms with E-state index < -0.39 is 21.5 Å². The molecule has 6 heteroatoms. The Kier molecular flexibility index (Phi) is 2.38.